The summed E-state index contributed by atoms with van der Waals surface area (Å²) in [5.74, 6) is -0.941. The van der Waals surface area contributed by atoms with Crippen LogP contribution in [0.5, 0.6) is 0 Å². The van der Waals surface area contributed by atoms with E-state index in [2.05, 4.69) is 9.97 Å². The minimum Gasteiger partial charge on any atom is -0.443 e. The molecule has 0 N–H and O–H groups in total. The van der Waals surface area contributed by atoms with E-state index in [-0.39, 0.29) is 23.8 Å². The van der Waals surface area contributed by atoms with Crippen molar-refractivity contribution < 1.29 is 35.2 Å². The van der Waals surface area contributed by atoms with Crippen LogP contribution in [-0.4, -0.2) is 41.1 Å². The molecule has 1 aromatic carbocycles. The van der Waals surface area contributed by atoms with Gasteiger partial charge in [-0.25, -0.2) is 12.8 Å². The Morgan fingerprint density at radius 1 is 1.03 bits per heavy atom. The third-order valence-electron chi connectivity index (χ3n) is 6.35. The number of Topliss-reactive ketones (excluding diaryl/α,β-unsaturated/α-hetero) is 1. The molecule has 7 nitrogen and oxygen atoms in total. The van der Waals surface area contributed by atoms with Gasteiger partial charge in [0.1, 0.15) is 11.4 Å². The van der Waals surface area contributed by atoms with Gasteiger partial charge in [-0.3, -0.25) is 14.8 Å². The van der Waals surface area contributed by atoms with E-state index in [9.17, 15) is 30.8 Å². The molecule has 0 radical (unpaired) electrons. The monoisotopic (exact) mass is 549 g/mol. The van der Waals surface area contributed by atoms with E-state index in [0.717, 1.165) is 28.7 Å². The number of hydrogen-bond acceptors (Lipinski definition) is 6. The molecular weight excluding hydrogens is 526 g/mol. The molecule has 0 saturated carbocycles. The zero-order valence-electron chi connectivity index (χ0n) is 20.6. The number of furan rings is 1. The van der Waals surface area contributed by atoms with Crippen LogP contribution in [0.25, 0.3) is 22.2 Å². The van der Waals surface area contributed by atoms with Gasteiger partial charge < -0.3 is 4.42 Å². The van der Waals surface area contributed by atoms with Crippen molar-refractivity contribution in [1.82, 2.24) is 14.3 Å². The smallest absolute Gasteiger partial charge is 0.417 e. The average molecular weight is 550 g/mol. The number of fused-ring (bicyclic) bond motifs is 1. The van der Waals surface area contributed by atoms with E-state index in [4.69, 9.17) is 4.42 Å². The van der Waals surface area contributed by atoms with Gasteiger partial charge in [0, 0.05) is 48.6 Å². The van der Waals surface area contributed by atoms with Crippen LogP contribution >= 0.6 is 0 Å². The van der Waals surface area contributed by atoms with Crippen LogP contribution in [0.3, 0.4) is 0 Å². The number of carbonyl (C=O) groups is 1. The summed E-state index contributed by atoms with van der Waals surface area (Å²) in [6.07, 6.45) is -2.19. The first-order chi connectivity index (χ1) is 17.7. The van der Waals surface area contributed by atoms with E-state index < -0.39 is 44.0 Å². The molecule has 0 bridgehead atoms. The predicted octanol–water partition coefficient (Wildman–Crippen LogP) is 5.65. The largest absolute Gasteiger partial charge is 0.443 e. The quantitative estimate of drug-likeness (QED) is 0.264. The van der Waals surface area contributed by atoms with Crippen molar-refractivity contribution in [3.63, 3.8) is 0 Å². The standard InChI is InChI=1S/C26H23F4N3O4S/c1-25(2,33(3)38(35,36)24-14-17-12-19(27)5-8-22(17)37-24)23(34)9-6-20-13-16(10-11-31-20)21-7-4-18(15-32-21)26(28,29)30/h4-5,7-8,10-15H,6,9H2,1-3H3. The highest BCUT2D eigenvalue weighted by Crippen LogP contribution is 2.31. The molecule has 200 valence electrons. The summed E-state index contributed by atoms with van der Waals surface area (Å²) < 4.78 is 84.6. The fourth-order valence-corrected chi connectivity index (χ4v) is 5.23. The molecule has 4 rings (SSSR count). The molecule has 38 heavy (non-hydrogen) atoms. The van der Waals surface area contributed by atoms with Crippen LogP contribution in [0.15, 0.2) is 70.4 Å². The normalized spacial score (nSPS) is 12.8. The van der Waals surface area contributed by atoms with Crippen LogP contribution in [0.2, 0.25) is 0 Å². The lowest BCUT2D eigenvalue weighted by atomic mass is 9.95. The van der Waals surface area contributed by atoms with Gasteiger partial charge >= 0.3 is 6.18 Å². The number of hydrogen-bond donors (Lipinski definition) is 0. The van der Waals surface area contributed by atoms with Crippen molar-refractivity contribution in [2.45, 2.75) is 43.5 Å². The van der Waals surface area contributed by atoms with Gasteiger partial charge in [-0.2, -0.15) is 17.5 Å². The van der Waals surface area contributed by atoms with Gasteiger partial charge in [0.15, 0.2) is 5.78 Å². The molecule has 0 spiro atoms. The van der Waals surface area contributed by atoms with Crippen molar-refractivity contribution >= 4 is 26.8 Å². The lowest BCUT2D eigenvalue weighted by Gasteiger charge is -2.32. The number of carbonyl (C=O) groups excluding carboxylic acids is 1. The van der Waals surface area contributed by atoms with E-state index in [1.165, 1.54) is 45.3 Å². The Kier molecular flexibility index (Phi) is 7.15. The molecule has 0 fully saturated rings. The van der Waals surface area contributed by atoms with Gasteiger partial charge in [0.25, 0.3) is 10.0 Å². The first-order valence-electron chi connectivity index (χ1n) is 11.4. The number of nitrogens with zero attached hydrogens (tertiary/aromatic N) is 3. The summed E-state index contributed by atoms with van der Waals surface area (Å²) in [7, 11) is -2.98. The number of sulfonamides is 1. The van der Waals surface area contributed by atoms with E-state index >= 15 is 0 Å². The van der Waals surface area contributed by atoms with Crippen LogP contribution in [0.1, 0.15) is 31.5 Å². The van der Waals surface area contributed by atoms with Crippen molar-refractivity contribution in [1.29, 1.82) is 0 Å². The first kappa shape index (κ1) is 27.4. The third kappa shape index (κ3) is 5.46. The van der Waals surface area contributed by atoms with Crippen LogP contribution in [0, 0.1) is 5.82 Å². The van der Waals surface area contributed by atoms with Crippen molar-refractivity contribution in [2.24, 2.45) is 0 Å². The van der Waals surface area contributed by atoms with E-state index in [1.54, 1.807) is 12.1 Å². The molecule has 4 aromatic rings. The average Bonchev–Trinajstić information content (AvgIpc) is 3.30. The highest BCUT2D eigenvalue weighted by molar-refractivity contribution is 7.89. The molecule has 0 atom stereocenters. The number of pyridine rings is 2. The van der Waals surface area contributed by atoms with Crippen molar-refractivity contribution in [2.75, 3.05) is 7.05 Å². The van der Waals surface area contributed by atoms with Crippen molar-refractivity contribution in [3.8, 4) is 11.3 Å². The maximum atomic E-state index is 13.5. The van der Waals surface area contributed by atoms with Crippen LogP contribution in [0.4, 0.5) is 17.6 Å². The number of ketones is 1. The molecule has 12 heteroatoms. The fraction of sp³-hybridized carbons (Fsp3) is 0.269. The molecule has 0 aliphatic heterocycles. The Bertz CT molecular complexity index is 1600. The zero-order valence-corrected chi connectivity index (χ0v) is 21.4. The van der Waals surface area contributed by atoms with E-state index in [1.807, 2.05) is 0 Å². The molecule has 3 aromatic heterocycles. The Morgan fingerprint density at radius 2 is 1.76 bits per heavy atom. The second-order valence-corrected chi connectivity index (χ2v) is 11.1. The predicted molar refractivity (Wildman–Crippen MR) is 131 cm³/mol. The zero-order chi connectivity index (χ0) is 27.9. The minimum atomic E-state index is -4.49. The summed E-state index contributed by atoms with van der Waals surface area (Å²) in [6.45, 7) is 2.93. The van der Waals surface area contributed by atoms with Gasteiger partial charge in [0.2, 0.25) is 5.09 Å². The summed E-state index contributed by atoms with van der Waals surface area (Å²) in [5.41, 5.74) is -0.817. The Labute approximate surface area is 216 Å². The second kappa shape index (κ2) is 9.91. The molecule has 0 aliphatic rings. The number of rotatable bonds is 8. The molecule has 0 amide bonds. The molecule has 3 heterocycles. The molecule has 0 unspecified atom stereocenters. The fourth-order valence-electron chi connectivity index (χ4n) is 3.78. The van der Waals surface area contributed by atoms with Gasteiger partial charge in [-0.15, -0.1) is 0 Å². The maximum Gasteiger partial charge on any atom is 0.417 e. The number of likely N-dealkylation sites (N-methyl/N-ethyl adjacent to an activating group) is 1. The topological polar surface area (TPSA) is 93.4 Å². The van der Waals surface area contributed by atoms with Crippen molar-refractivity contribution in [3.05, 3.63) is 78.0 Å². The highest BCUT2D eigenvalue weighted by Gasteiger charge is 2.41. The minimum absolute atomic E-state index is 0.0604. The third-order valence-corrected chi connectivity index (χ3v) is 8.24. The van der Waals surface area contributed by atoms with Gasteiger partial charge in [-0.05, 0) is 62.7 Å². The van der Waals surface area contributed by atoms with E-state index in [0.29, 0.717) is 17.0 Å². The highest BCUT2D eigenvalue weighted by atomic mass is 32.2. The number of halogens is 4. The SMILES string of the molecule is CN(C(C)(C)C(=O)CCc1cc(-c2ccc(C(F)(F)F)cn2)ccn1)S(=O)(=O)c1cc2cc(F)ccc2o1. The summed E-state index contributed by atoms with van der Waals surface area (Å²) >= 11 is 0. The number of aryl methyl sites for hydroxylation is 1. The second-order valence-electron chi connectivity index (χ2n) is 9.17. The lowest BCUT2D eigenvalue weighted by molar-refractivity contribution is -0.137. The number of benzene rings is 1. The van der Waals surface area contributed by atoms with Crippen LogP contribution in [-0.2, 0) is 27.4 Å². The summed E-state index contributed by atoms with van der Waals surface area (Å²) in [4.78, 5) is 21.2. The Balaban J connectivity index is 1.48. The molecular formula is C26H23F4N3O4S. The Hall–Kier alpha value is -3.64. The van der Waals surface area contributed by atoms with Gasteiger partial charge in [-0.1, -0.05) is 0 Å². The maximum absolute atomic E-state index is 13.5. The first-order valence-corrected chi connectivity index (χ1v) is 12.8. The van der Waals surface area contributed by atoms with Gasteiger partial charge in [0.05, 0.1) is 16.8 Å². The summed E-state index contributed by atoms with van der Waals surface area (Å²) in [6, 6.07) is 10.2. The molecule has 0 saturated heterocycles. The number of aromatic nitrogens is 2. The summed E-state index contributed by atoms with van der Waals surface area (Å²) in [5, 5.41) is -0.144. The van der Waals surface area contributed by atoms with Crippen LogP contribution < -0.4 is 0 Å². The molecule has 0 aliphatic carbocycles. The lowest BCUT2D eigenvalue weighted by Crippen LogP contribution is -2.50. The number of alkyl halides is 3. The Morgan fingerprint density at radius 3 is 2.42 bits per heavy atom.